The van der Waals surface area contributed by atoms with E-state index in [9.17, 15) is 22.8 Å². The van der Waals surface area contributed by atoms with E-state index < -0.39 is 35.3 Å². The van der Waals surface area contributed by atoms with E-state index in [1.165, 1.54) is 23.1 Å². The quantitative estimate of drug-likeness (QED) is 0.925. The van der Waals surface area contributed by atoms with E-state index in [0.29, 0.717) is 25.5 Å². The molecule has 1 saturated heterocycles. The van der Waals surface area contributed by atoms with Crippen molar-refractivity contribution in [3.63, 3.8) is 0 Å². The number of carbonyl (C=O) groups excluding carboxylic acids is 2. The molecule has 1 aliphatic rings. The Bertz CT molecular complexity index is 826. The Hall–Kier alpha value is -2.83. The molecule has 7 heteroatoms. The molecule has 3 rings (SSSR count). The first-order valence-corrected chi connectivity index (χ1v) is 7.78. The van der Waals surface area contributed by atoms with Gasteiger partial charge in [-0.25, -0.2) is 13.2 Å². The molecule has 4 nitrogen and oxygen atoms in total. The average Bonchev–Trinajstić information content (AvgIpc) is 3.06. The van der Waals surface area contributed by atoms with E-state index >= 15 is 0 Å². The predicted molar refractivity (Wildman–Crippen MR) is 85.4 cm³/mol. The molecule has 0 saturated carbocycles. The van der Waals surface area contributed by atoms with E-state index in [2.05, 4.69) is 5.32 Å². The summed E-state index contributed by atoms with van der Waals surface area (Å²) in [6, 6.07) is 7.25. The SMILES string of the molecule is O=C(Nc1ccc(F)cc1F)[C@H]1CCCN1C(=O)c1cccc(F)c1. The van der Waals surface area contributed by atoms with Gasteiger partial charge in [-0.1, -0.05) is 6.07 Å². The highest BCUT2D eigenvalue weighted by Crippen LogP contribution is 2.23. The molecule has 1 atom stereocenters. The Kier molecular flexibility index (Phi) is 4.74. The van der Waals surface area contributed by atoms with Crippen LogP contribution in [0.5, 0.6) is 0 Å². The van der Waals surface area contributed by atoms with Gasteiger partial charge in [0.15, 0.2) is 0 Å². The van der Waals surface area contributed by atoms with Crippen LogP contribution in [-0.2, 0) is 4.79 Å². The number of carbonyl (C=O) groups is 2. The zero-order valence-corrected chi connectivity index (χ0v) is 13.1. The highest BCUT2D eigenvalue weighted by Gasteiger charge is 2.34. The first-order valence-electron chi connectivity index (χ1n) is 7.78. The molecule has 0 aromatic heterocycles. The summed E-state index contributed by atoms with van der Waals surface area (Å²) in [6.45, 7) is 0.347. The minimum atomic E-state index is -0.894. The summed E-state index contributed by atoms with van der Waals surface area (Å²) in [6.07, 6.45) is 1.01. The normalized spacial score (nSPS) is 16.8. The molecule has 0 bridgehead atoms. The van der Waals surface area contributed by atoms with E-state index in [1.807, 2.05) is 0 Å². The number of benzene rings is 2. The van der Waals surface area contributed by atoms with Gasteiger partial charge in [0, 0.05) is 18.2 Å². The van der Waals surface area contributed by atoms with Crippen LogP contribution in [0.4, 0.5) is 18.9 Å². The first-order chi connectivity index (χ1) is 12.0. The van der Waals surface area contributed by atoms with Crippen LogP contribution >= 0.6 is 0 Å². The van der Waals surface area contributed by atoms with Gasteiger partial charge in [0.05, 0.1) is 5.69 Å². The number of nitrogens with zero attached hydrogens (tertiary/aromatic N) is 1. The molecule has 0 unspecified atom stereocenters. The number of likely N-dealkylation sites (tertiary alicyclic amines) is 1. The van der Waals surface area contributed by atoms with Crippen LogP contribution in [0, 0.1) is 17.5 Å². The third kappa shape index (κ3) is 3.65. The van der Waals surface area contributed by atoms with Gasteiger partial charge in [0.1, 0.15) is 23.5 Å². The molecule has 2 amide bonds. The van der Waals surface area contributed by atoms with Crippen LogP contribution in [0.3, 0.4) is 0 Å². The Labute approximate surface area is 142 Å². The average molecular weight is 348 g/mol. The van der Waals surface area contributed by atoms with Gasteiger partial charge in [0.25, 0.3) is 5.91 Å². The number of halogens is 3. The zero-order chi connectivity index (χ0) is 18.0. The molecule has 130 valence electrons. The van der Waals surface area contributed by atoms with Crippen LogP contribution in [0.25, 0.3) is 0 Å². The van der Waals surface area contributed by atoms with Crippen LogP contribution in [-0.4, -0.2) is 29.3 Å². The van der Waals surface area contributed by atoms with E-state index in [-0.39, 0.29) is 11.3 Å². The van der Waals surface area contributed by atoms with Crippen molar-refractivity contribution in [1.82, 2.24) is 4.90 Å². The van der Waals surface area contributed by atoms with Gasteiger partial charge < -0.3 is 10.2 Å². The second kappa shape index (κ2) is 6.96. The molecule has 1 aliphatic heterocycles. The lowest BCUT2D eigenvalue weighted by atomic mass is 10.1. The van der Waals surface area contributed by atoms with Gasteiger partial charge in [-0.15, -0.1) is 0 Å². The molecule has 1 N–H and O–H groups in total. The lowest BCUT2D eigenvalue weighted by Crippen LogP contribution is -2.43. The summed E-state index contributed by atoms with van der Waals surface area (Å²) in [5, 5.41) is 2.38. The van der Waals surface area contributed by atoms with Gasteiger partial charge in [-0.3, -0.25) is 9.59 Å². The maximum atomic E-state index is 13.7. The summed E-state index contributed by atoms with van der Waals surface area (Å²) >= 11 is 0. The second-order valence-corrected chi connectivity index (χ2v) is 5.78. The molecule has 25 heavy (non-hydrogen) atoms. The smallest absolute Gasteiger partial charge is 0.254 e. The van der Waals surface area contributed by atoms with Crippen molar-refractivity contribution >= 4 is 17.5 Å². The number of hydrogen-bond donors (Lipinski definition) is 1. The molecule has 0 spiro atoms. The summed E-state index contributed by atoms with van der Waals surface area (Å²) in [4.78, 5) is 26.3. The molecular weight excluding hydrogens is 333 g/mol. The molecule has 0 aliphatic carbocycles. The summed E-state index contributed by atoms with van der Waals surface area (Å²) < 4.78 is 39.9. The van der Waals surface area contributed by atoms with E-state index in [0.717, 1.165) is 18.2 Å². The fourth-order valence-electron chi connectivity index (χ4n) is 2.88. The largest absolute Gasteiger partial charge is 0.327 e. The van der Waals surface area contributed by atoms with Crippen LogP contribution in [0.1, 0.15) is 23.2 Å². The van der Waals surface area contributed by atoms with Gasteiger partial charge in [-0.2, -0.15) is 0 Å². The van der Waals surface area contributed by atoms with Crippen LogP contribution in [0.2, 0.25) is 0 Å². The van der Waals surface area contributed by atoms with Crippen molar-refractivity contribution in [2.45, 2.75) is 18.9 Å². The van der Waals surface area contributed by atoms with Gasteiger partial charge in [-0.05, 0) is 43.2 Å². The standard InChI is InChI=1S/C18H15F3N2O2/c19-12-4-1-3-11(9-12)18(25)23-8-2-5-16(23)17(24)22-15-7-6-13(20)10-14(15)21/h1,3-4,6-7,9-10,16H,2,5,8H2,(H,22,24)/t16-/m1/s1. The van der Waals surface area contributed by atoms with Crippen molar-refractivity contribution in [2.75, 3.05) is 11.9 Å². The third-order valence-corrected chi connectivity index (χ3v) is 4.08. The zero-order valence-electron chi connectivity index (χ0n) is 13.1. The highest BCUT2D eigenvalue weighted by molar-refractivity contribution is 6.01. The van der Waals surface area contributed by atoms with Crippen molar-refractivity contribution < 1.29 is 22.8 Å². The van der Waals surface area contributed by atoms with Crippen molar-refractivity contribution in [3.05, 3.63) is 65.5 Å². The number of nitrogens with one attached hydrogen (secondary N) is 1. The summed E-state index contributed by atoms with van der Waals surface area (Å²) in [5.41, 5.74) is -0.0101. The predicted octanol–water partition coefficient (Wildman–Crippen LogP) is 3.35. The van der Waals surface area contributed by atoms with Crippen LogP contribution in [0.15, 0.2) is 42.5 Å². The molecule has 0 radical (unpaired) electrons. The molecule has 1 fully saturated rings. The molecule has 2 aromatic carbocycles. The maximum Gasteiger partial charge on any atom is 0.254 e. The Morgan fingerprint density at radius 3 is 2.52 bits per heavy atom. The van der Waals surface area contributed by atoms with Crippen LogP contribution < -0.4 is 5.32 Å². The Morgan fingerprint density at radius 2 is 1.80 bits per heavy atom. The number of anilines is 1. The van der Waals surface area contributed by atoms with Gasteiger partial charge in [0.2, 0.25) is 5.91 Å². The minimum absolute atomic E-state index is 0.146. The third-order valence-electron chi connectivity index (χ3n) is 4.08. The van der Waals surface area contributed by atoms with Crippen molar-refractivity contribution in [2.24, 2.45) is 0 Å². The number of rotatable bonds is 3. The first kappa shape index (κ1) is 17.0. The monoisotopic (exact) mass is 348 g/mol. The maximum absolute atomic E-state index is 13.7. The van der Waals surface area contributed by atoms with Crippen molar-refractivity contribution in [3.8, 4) is 0 Å². The fourth-order valence-corrected chi connectivity index (χ4v) is 2.88. The Balaban J connectivity index is 1.76. The highest BCUT2D eigenvalue weighted by atomic mass is 19.1. The minimum Gasteiger partial charge on any atom is -0.327 e. The molecule has 2 aromatic rings. The molecular formula is C18H15F3N2O2. The van der Waals surface area contributed by atoms with Gasteiger partial charge >= 0.3 is 0 Å². The lowest BCUT2D eigenvalue weighted by molar-refractivity contribution is -0.119. The van der Waals surface area contributed by atoms with Crippen molar-refractivity contribution in [1.29, 1.82) is 0 Å². The topological polar surface area (TPSA) is 49.4 Å². The number of amides is 2. The summed E-state index contributed by atoms with van der Waals surface area (Å²) in [5.74, 6) is -3.21. The van der Waals surface area contributed by atoms with E-state index in [1.54, 1.807) is 0 Å². The molecule has 1 heterocycles. The summed E-state index contributed by atoms with van der Waals surface area (Å²) in [7, 11) is 0. The van der Waals surface area contributed by atoms with E-state index in [4.69, 9.17) is 0 Å². The second-order valence-electron chi connectivity index (χ2n) is 5.78. The lowest BCUT2D eigenvalue weighted by Gasteiger charge is -2.24. The number of hydrogen-bond acceptors (Lipinski definition) is 2. The Morgan fingerprint density at radius 1 is 1.04 bits per heavy atom. The fraction of sp³-hybridized carbons (Fsp3) is 0.222.